The molecule has 1 heterocycles. The molecule has 0 spiro atoms. The number of hydrogen-bond donors (Lipinski definition) is 2. The lowest BCUT2D eigenvalue weighted by Crippen LogP contribution is -2.45. The summed E-state index contributed by atoms with van der Waals surface area (Å²) >= 11 is 0. The van der Waals surface area contributed by atoms with Crippen LogP contribution in [0.2, 0.25) is 0 Å². The van der Waals surface area contributed by atoms with E-state index >= 15 is 0 Å². The summed E-state index contributed by atoms with van der Waals surface area (Å²) in [6, 6.07) is 12.0. The minimum absolute atomic E-state index is 0.395. The van der Waals surface area contributed by atoms with Gasteiger partial charge in [0, 0.05) is 46.4 Å². The van der Waals surface area contributed by atoms with Crippen molar-refractivity contribution in [1.82, 2.24) is 20.4 Å². The average molecular weight is 388 g/mol. The molecule has 6 nitrogen and oxygen atoms in total. The number of guanidine groups is 1. The zero-order valence-electron chi connectivity index (χ0n) is 17.6. The largest absolute Gasteiger partial charge is 0.383 e. The second kappa shape index (κ2) is 11.4. The first-order chi connectivity index (χ1) is 13.8. The lowest BCUT2D eigenvalue weighted by molar-refractivity contribution is 0.144. The molecule has 0 bridgehead atoms. The number of rotatable bonds is 11. The Labute approximate surface area is 170 Å². The highest BCUT2D eigenvalue weighted by atomic mass is 16.5. The van der Waals surface area contributed by atoms with Crippen molar-refractivity contribution >= 4 is 5.96 Å². The molecule has 1 saturated heterocycles. The summed E-state index contributed by atoms with van der Waals surface area (Å²) in [5, 5.41) is 7.05. The van der Waals surface area contributed by atoms with E-state index in [4.69, 9.17) is 4.74 Å². The van der Waals surface area contributed by atoms with Crippen molar-refractivity contribution in [3.05, 3.63) is 35.9 Å². The van der Waals surface area contributed by atoms with E-state index in [1.165, 1.54) is 44.3 Å². The molecule has 1 atom stereocenters. The van der Waals surface area contributed by atoms with Crippen LogP contribution >= 0.6 is 0 Å². The third-order valence-electron chi connectivity index (χ3n) is 5.79. The molecule has 28 heavy (non-hydrogen) atoms. The fourth-order valence-corrected chi connectivity index (χ4v) is 4.04. The topological polar surface area (TPSA) is 52.1 Å². The smallest absolute Gasteiger partial charge is 0.191 e. The van der Waals surface area contributed by atoms with Crippen LogP contribution in [0, 0.1) is 0 Å². The molecule has 6 heteroatoms. The predicted octanol–water partition coefficient (Wildman–Crippen LogP) is 2.10. The van der Waals surface area contributed by atoms with Gasteiger partial charge in [-0.3, -0.25) is 14.8 Å². The van der Waals surface area contributed by atoms with Gasteiger partial charge in [-0.2, -0.15) is 0 Å². The van der Waals surface area contributed by atoms with Crippen LogP contribution < -0.4 is 10.6 Å². The standard InChI is InChI=1S/C22H37N5O/c1-23-22(24-12-15-26(16-17-28-2)20-10-11-20)25-18-21(27-13-6-7-14-27)19-8-4-3-5-9-19/h3-5,8-9,20-21H,6-7,10-18H2,1-2H3,(H2,23,24,25). The summed E-state index contributed by atoms with van der Waals surface area (Å²) in [6.45, 7) is 6.99. The Morgan fingerprint density at radius 2 is 1.93 bits per heavy atom. The molecule has 1 aromatic carbocycles. The van der Waals surface area contributed by atoms with Crippen molar-refractivity contribution in [2.75, 3.05) is 60.0 Å². The number of methoxy groups -OCH3 is 1. The van der Waals surface area contributed by atoms with Crippen LogP contribution in [-0.4, -0.2) is 81.8 Å². The summed E-state index contributed by atoms with van der Waals surface area (Å²) in [6.07, 6.45) is 5.25. The highest BCUT2D eigenvalue weighted by Gasteiger charge is 2.28. The quantitative estimate of drug-likeness (QED) is 0.450. The van der Waals surface area contributed by atoms with Gasteiger partial charge in [0.2, 0.25) is 0 Å². The van der Waals surface area contributed by atoms with Crippen molar-refractivity contribution in [1.29, 1.82) is 0 Å². The molecule has 1 aliphatic carbocycles. The van der Waals surface area contributed by atoms with Gasteiger partial charge in [-0.1, -0.05) is 30.3 Å². The average Bonchev–Trinajstić information content (AvgIpc) is 3.44. The number of nitrogens with one attached hydrogen (secondary N) is 2. The molecule has 2 aliphatic rings. The van der Waals surface area contributed by atoms with Crippen LogP contribution in [0.5, 0.6) is 0 Å². The van der Waals surface area contributed by atoms with Crippen LogP contribution in [0.4, 0.5) is 0 Å². The number of benzene rings is 1. The SMILES string of the molecule is CN=C(NCCN(CCOC)C1CC1)NCC(c1ccccc1)N1CCCC1. The predicted molar refractivity (Wildman–Crippen MR) is 116 cm³/mol. The molecule has 0 amide bonds. The minimum atomic E-state index is 0.395. The van der Waals surface area contributed by atoms with E-state index in [1.54, 1.807) is 7.11 Å². The minimum Gasteiger partial charge on any atom is -0.383 e. The zero-order valence-corrected chi connectivity index (χ0v) is 17.6. The van der Waals surface area contributed by atoms with Gasteiger partial charge in [0.1, 0.15) is 0 Å². The first-order valence-corrected chi connectivity index (χ1v) is 10.8. The molecule has 1 aromatic rings. The van der Waals surface area contributed by atoms with E-state index in [0.29, 0.717) is 6.04 Å². The van der Waals surface area contributed by atoms with Crippen LogP contribution in [0.3, 0.4) is 0 Å². The molecule has 0 aromatic heterocycles. The normalized spacial score (nSPS) is 19.2. The fourth-order valence-electron chi connectivity index (χ4n) is 4.04. The summed E-state index contributed by atoms with van der Waals surface area (Å²) < 4.78 is 5.25. The summed E-state index contributed by atoms with van der Waals surface area (Å²) in [5.74, 6) is 0.891. The molecule has 156 valence electrons. The van der Waals surface area contributed by atoms with Crippen LogP contribution in [-0.2, 0) is 4.74 Å². The van der Waals surface area contributed by atoms with Crippen molar-refractivity contribution in [2.45, 2.75) is 37.8 Å². The van der Waals surface area contributed by atoms with E-state index in [0.717, 1.165) is 44.8 Å². The Bertz CT molecular complexity index is 584. The molecule has 0 radical (unpaired) electrons. The third kappa shape index (κ3) is 6.47. The van der Waals surface area contributed by atoms with Crippen molar-refractivity contribution in [2.24, 2.45) is 4.99 Å². The van der Waals surface area contributed by atoms with Crippen LogP contribution in [0.25, 0.3) is 0 Å². The maximum atomic E-state index is 5.25. The Balaban J connectivity index is 1.47. The molecule has 1 unspecified atom stereocenters. The first kappa shape index (κ1) is 21.1. The van der Waals surface area contributed by atoms with Gasteiger partial charge in [0.25, 0.3) is 0 Å². The maximum Gasteiger partial charge on any atom is 0.191 e. The van der Waals surface area contributed by atoms with Gasteiger partial charge < -0.3 is 15.4 Å². The number of hydrogen-bond acceptors (Lipinski definition) is 4. The lowest BCUT2D eigenvalue weighted by atomic mass is 10.1. The van der Waals surface area contributed by atoms with Crippen LogP contribution in [0.1, 0.15) is 37.3 Å². The Morgan fingerprint density at radius 1 is 1.18 bits per heavy atom. The van der Waals surface area contributed by atoms with Gasteiger partial charge in [0.15, 0.2) is 5.96 Å². The molecular weight excluding hydrogens is 350 g/mol. The number of aliphatic imine (C=N–C) groups is 1. The highest BCUT2D eigenvalue weighted by Crippen LogP contribution is 2.26. The van der Waals surface area contributed by atoms with Gasteiger partial charge >= 0.3 is 0 Å². The second-order valence-electron chi connectivity index (χ2n) is 7.81. The molecule has 3 rings (SSSR count). The van der Waals surface area contributed by atoms with Gasteiger partial charge in [0.05, 0.1) is 12.6 Å². The zero-order chi connectivity index (χ0) is 19.6. The summed E-state index contributed by atoms with van der Waals surface area (Å²) in [4.78, 5) is 9.55. The molecule has 1 saturated carbocycles. The Morgan fingerprint density at radius 3 is 2.57 bits per heavy atom. The van der Waals surface area contributed by atoms with Crippen LogP contribution in [0.15, 0.2) is 35.3 Å². The van der Waals surface area contributed by atoms with Gasteiger partial charge in [-0.15, -0.1) is 0 Å². The van der Waals surface area contributed by atoms with E-state index in [1.807, 2.05) is 7.05 Å². The Hall–Kier alpha value is -1.63. The molecular formula is C22H37N5O. The lowest BCUT2D eigenvalue weighted by Gasteiger charge is -2.29. The highest BCUT2D eigenvalue weighted by molar-refractivity contribution is 5.79. The fraction of sp³-hybridized carbons (Fsp3) is 0.682. The van der Waals surface area contributed by atoms with E-state index in [-0.39, 0.29) is 0 Å². The number of nitrogens with zero attached hydrogens (tertiary/aromatic N) is 3. The Kier molecular flexibility index (Phi) is 8.58. The maximum absolute atomic E-state index is 5.25. The van der Waals surface area contributed by atoms with E-state index < -0.39 is 0 Å². The van der Waals surface area contributed by atoms with Crippen molar-refractivity contribution in [3.8, 4) is 0 Å². The molecule has 2 fully saturated rings. The van der Waals surface area contributed by atoms with Gasteiger partial charge in [-0.05, 0) is 44.3 Å². The molecule has 2 N–H and O–H groups in total. The number of ether oxygens (including phenoxy) is 1. The first-order valence-electron chi connectivity index (χ1n) is 10.8. The van der Waals surface area contributed by atoms with E-state index in [9.17, 15) is 0 Å². The summed E-state index contributed by atoms with van der Waals surface area (Å²) in [7, 11) is 3.63. The molecule has 1 aliphatic heterocycles. The second-order valence-corrected chi connectivity index (χ2v) is 7.81. The number of likely N-dealkylation sites (tertiary alicyclic amines) is 1. The van der Waals surface area contributed by atoms with Crippen molar-refractivity contribution in [3.63, 3.8) is 0 Å². The third-order valence-corrected chi connectivity index (χ3v) is 5.79. The monoisotopic (exact) mass is 387 g/mol. The van der Waals surface area contributed by atoms with Gasteiger partial charge in [-0.25, -0.2) is 0 Å². The van der Waals surface area contributed by atoms with Crippen molar-refractivity contribution < 1.29 is 4.74 Å². The summed E-state index contributed by atoms with van der Waals surface area (Å²) in [5.41, 5.74) is 1.38. The van der Waals surface area contributed by atoms with E-state index in [2.05, 4.69) is 55.8 Å².